The van der Waals surface area contributed by atoms with Crippen LogP contribution in [0.2, 0.25) is 0 Å². The summed E-state index contributed by atoms with van der Waals surface area (Å²) >= 11 is 1.73. The van der Waals surface area contributed by atoms with E-state index in [1.165, 1.54) is 4.88 Å². The number of imidazole rings is 1. The third-order valence-electron chi connectivity index (χ3n) is 2.94. The summed E-state index contributed by atoms with van der Waals surface area (Å²) in [6, 6.07) is 4.17. The molecule has 0 bridgehead atoms. The molecule has 0 fully saturated rings. The van der Waals surface area contributed by atoms with E-state index in [1.54, 1.807) is 17.5 Å². The Morgan fingerprint density at radius 3 is 3.10 bits per heavy atom. The van der Waals surface area contributed by atoms with Crippen molar-refractivity contribution in [2.45, 2.75) is 19.9 Å². The molecule has 0 amide bonds. The van der Waals surface area contributed by atoms with Crippen LogP contribution in [0, 0.1) is 0 Å². The van der Waals surface area contributed by atoms with Crippen LogP contribution in [0.15, 0.2) is 36.1 Å². The molecule has 104 valence electrons. The van der Waals surface area contributed by atoms with Gasteiger partial charge in [0.05, 0.1) is 12.7 Å². The number of hydrogen-bond donors (Lipinski definition) is 2. The Morgan fingerprint density at radius 1 is 1.35 bits per heavy atom. The minimum absolute atomic E-state index is 0.768. The molecule has 0 aliphatic rings. The minimum atomic E-state index is 0.768. The van der Waals surface area contributed by atoms with Gasteiger partial charge in [-0.2, -0.15) is 0 Å². The van der Waals surface area contributed by atoms with Crippen molar-refractivity contribution >= 4 is 28.6 Å². The van der Waals surface area contributed by atoms with E-state index in [-0.39, 0.29) is 0 Å². The van der Waals surface area contributed by atoms with Gasteiger partial charge in [-0.15, -0.1) is 11.3 Å². The maximum absolute atomic E-state index is 4.61. The Kier molecular flexibility index (Phi) is 3.83. The molecule has 6 heteroatoms. The number of fused-ring (bicyclic) bond motifs is 1. The van der Waals surface area contributed by atoms with Crippen LogP contribution >= 0.6 is 11.3 Å². The quantitative estimate of drug-likeness (QED) is 0.731. The lowest BCUT2D eigenvalue weighted by molar-refractivity contribution is 0.960. The Bertz CT molecular complexity index is 674. The Hall–Kier alpha value is -2.08. The smallest absolute Gasteiger partial charge is 0.180 e. The van der Waals surface area contributed by atoms with Gasteiger partial charge in [-0.1, -0.05) is 13.0 Å². The average Bonchev–Trinajstić information content (AvgIpc) is 3.13. The van der Waals surface area contributed by atoms with Crippen LogP contribution in [0.4, 0.5) is 11.6 Å². The molecule has 3 aromatic rings. The van der Waals surface area contributed by atoms with Crippen molar-refractivity contribution in [1.82, 2.24) is 14.4 Å². The molecule has 0 spiro atoms. The Labute approximate surface area is 121 Å². The fraction of sp³-hybridized carbons (Fsp3) is 0.286. The van der Waals surface area contributed by atoms with Gasteiger partial charge in [0.25, 0.3) is 0 Å². The molecule has 0 aliphatic carbocycles. The second-order valence-corrected chi connectivity index (χ2v) is 5.52. The van der Waals surface area contributed by atoms with Gasteiger partial charge in [0.2, 0.25) is 0 Å². The summed E-state index contributed by atoms with van der Waals surface area (Å²) in [4.78, 5) is 10.2. The summed E-state index contributed by atoms with van der Waals surface area (Å²) in [6.45, 7) is 3.82. The summed E-state index contributed by atoms with van der Waals surface area (Å²) in [6.07, 6.45) is 6.76. The van der Waals surface area contributed by atoms with E-state index in [0.717, 1.165) is 36.8 Å². The molecule has 3 rings (SSSR count). The normalized spacial score (nSPS) is 10.8. The van der Waals surface area contributed by atoms with E-state index in [0.29, 0.717) is 0 Å². The predicted octanol–water partition coefficient (Wildman–Crippen LogP) is 3.22. The van der Waals surface area contributed by atoms with Gasteiger partial charge in [0, 0.05) is 23.8 Å². The van der Waals surface area contributed by atoms with E-state index in [2.05, 4.69) is 45.0 Å². The standard InChI is InChI=1S/C14H17N5S/c1-2-5-15-12-10-19-7-6-16-14(19)13(18-12)17-9-11-4-3-8-20-11/h3-4,6-8,10,15H,2,5,9H2,1H3,(H,17,18). The third-order valence-corrected chi connectivity index (χ3v) is 3.82. The first kappa shape index (κ1) is 12.9. The number of aromatic nitrogens is 3. The number of thiophene rings is 1. The van der Waals surface area contributed by atoms with Crippen molar-refractivity contribution in [2.24, 2.45) is 0 Å². The first-order valence-corrected chi connectivity index (χ1v) is 7.58. The van der Waals surface area contributed by atoms with E-state index < -0.39 is 0 Å². The molecular formula is C14H17N5S. The van der Waals surface area contributed by atoms with Crippen molar-refractivity contribution in [3.63, 3.8) is 0 Å². The first-order valence-electron chi connectivity index (χ1n) is 6.70. The minimum Gasteiger partial charge on any atom is -0.369 e. The summed E-state index contributed by atoms with van der Waals surface area (Å²) in [7, 11) is 0. The van der Waals surface area contributed by atoms with Gasteiger partial charge in [-0.3, -0.25) is 0 Å². The molecule has 3 heterocycles. The number of nitrogens with one attached hydrogen (secondary N) is 2. The highest BCUT2D eigenvalue weighted by molar-refractivity contribution is 7.09. The number of hydrogen-bond acceptors (Lipinski definition) is 5. The fourth-order valence-electron chi connectivity index (χ4n) is 1.97. The van der Waals surface area contributed by atoms with Crippen molar-refractivity contribution in [3.05, 3.63) is 41.0 Å². The SMILES string of the molecule is CCCNc1cn2ccnc2c(NCc2cccs2)n1. The third kappa shape index (κ3) is 2.75. The molecule has 0 radical (unpaired) electrons. The molecule has 3 aromatic heterocycles. The lowest BCUT2D eigenvalue weighted by Gasteiger charge is -2.10. The molecule has 5 nitrogen and oxygen atoms in total. The summed E-state index contributed by atoms with van der Waals surface area (Å²) < 4.78 is 1.99. The molecule has 0 saturated carbocycles. The van der Waals surface area contributed by atoms with E-state index in [4.69, 9.17) is 0 Å². The summed E-state index contributed by atoms with van der Waals surface area (Å²) in [5.41, 5.74) is 0.851. The molecular weight excluding hydrogens is 270 g/mol. The summed E-state index contributed by atoms with van der Waals surface area (Å²) in [5.74, 6) is 1.68. The summed E-state index contributed by atoms with van der Waals surface area (Å²) in [5, 5.41) is 8.76. The van der Waals surface area contributed by atoms with Crippen LogP contribution in [0.5, 0.6) is 0 Å². The van der Waals surface area contributed by atoms with Gasteiger partial charge in [0.15, 0.2) is 11.5 Å². The highest BCUT2D eigenvalue weighted by atomic mass is 32.1. The predicted molar refractivity (Wildman–Crippen MR) is 83.4 cm³/mol. The maximum atomic E-state index is 4.61. The molecule has 20 heavy (non-hydrogen) atoms. The second-order valence-electron chi connectivity index (χ2n) is 4.49. The zero-order chi connectivity index (χ0) is 13.8. The lowest BCUT2D eigenvalue weighted by atomic mass is 10.4. The van der Waals surface area contributed by atoms with Crippen LogP contribution in [0.3, 0.4) is 0 Å². The zero-order valence-corrected chi connectivity index (χ0v) is 12.2. The number of rotatable bonds is 6. The first-order chi connectivity index (χ1) is 9.86. The van der Waals surface area contributed by atoms with Crippen LogP contribution in [-0.2, 0) is 6.54 Å². The maximum Gasteiger partial charge on any atom is 0.180 e. The van der Waals surface area contributed by atoms with Gasteiger partial charge in [-0.05, 0) is 17.9 Å². The molecule has 0 saturated heterocycles. The monoisotopic (exact) mass is 287 g/mol. The fourth-order valence-corrected chi connectivity index (χ4v) is 2.62. The molecule has 0 unspecified atom stereocenters. The molecule has 0 aromatic carbocycles. The highest BCUT2D eigenvalue weighted by Gasteiger charge is 2.07. The molecule has 2 N–H and O–H groups in total. The zero-order valence-electron chi connectivity index (χ0n) is 11.3. The van der Waals surface area contributed by atoms with E-state index in [9.17, 15) is 0 Å². The van der Waals surface area contributed by atoms with Gasteiger partial charge in [0.1, 0.15) is 5.82 Å². The lowest BCUT2D eigenvalue weighted by Crippen LogP contribution is -2.08. The molecule has 0 aliphatic heterocycles. The average molecular weight is 287 g/mol. The van der Waals surface area contributed by atoms with Crippen molar-refractivity contribution < 1.29 is 0 Å². The largest absolute Gasteiger partial charge is 0.369 e. The second kappa shape index (κ2) is 5.92. The Morgan fingerprint density at radius 2 is 2.30 bits per heavy atom. The van der Waals surface area contributed by atoms with Crippen molar-refractivity contribution in [1.29, 1.82) is 0 Å². The highest BCUT2D eigenvalue weighted by Crippen LogP contribution is 2.18. The topological polar surface area (TPSA) is 54.2 Å². The van der Waals surface area contributed by atoms with Crippen LogP contribution in [0.1, 0.15) is 18.2 Å². The van der Waals surface area contributed by atoms with Gasteiger partial charge in [-0.25, -0.2) is 9.97 Å². The van der Waals surface area contributed by atoms with Crippen LogP contribution in [0.25, 0.3) is 5.65 Å². The van der Waals surface area contributed by atoms with Crippen molar-refractivity contribution in [2.75, 3.05) is 17.2 Å². The van der Waals surface area contributed by atoms with E-state index in [1.807, 2.05) is 16.8 Å². The van der Waals surface area contributed by atoms with Crippen molar-refractivity contribution in [3.8, 4) is 0 Å². The van der Waals surface area contributed by atoms with Gasteiger partial charge >= 0.3 is 0 Å². The Balaban J connectivity index is 1.85. The van der Waals surface area contributed by atoms with E-state index >= 15 is 0 Å². The molecule has 0 atom stereocenters. The van der Waals surface area contributed by atoms with Crippen LogP contribution < -0.4 is 10.6 Å². The number of nitrogens with zero attached hydrogens (tertiary/aromatic N) is 3. The van der Waals surface area contributed by atoms with Gasteiger partial charge < -0.3 is 15.0 Å². The van der Waals surface area contributed by atoms with Crippen LogP contribution in [-0.4, -0.2) is 20.9 Å². The number of anilines is 2.